The molecule has 7 nitrogen and oxygen atoms in total. The molecule has 0 saturated carbocycles. The van der Waals surface area contributed by atoms with Crippen LogP contribution in [0.2, 0.25) is 0 Å². The predicted molar refractivity (Wildman–Crippen MR) is 134 cm³/mol. The molecule has 2 aliphatic heterocycles. The summed E-state index contributed by atoms with van der Waals surface area (Å²) in [5.74, 6) is -0.0919. The van der Waals surface area contributed by atoms with Crippen molar-refractivity contribution in [3.05, 3.63) is 70.9 Å². The molecule has 34 heavy (non-hydrogen) atoms. The van der Waals surface area contributed by atoms with Crippen molar-refractivity contribution in [2.24, 2.45) is 0 Å². The van der Waals surface area contributed by atoms with Gasteiger partial charge in [-0.25, -0.2) is 0 Å². The number of para-hydroxylation sites is 1. The maximum atomic E-state index is 13.6. The molecule has 0 spiro atoms. The molecule has 176 valence electrons. The first-order chi connectivity index (χ1) is 16.5. The topological polar surface area (TPSA) is 68.8 Å². The van der Waals surface area contributed by atoms with E-state index in [4.69, 9.17) is 4.98 Å². The van der Waals surface area contributed by atoms with E-state index in [2.05, 4.69) is 29.1 Å². The Hall–Kier alpha value is -3.29. The van der Waals surface area contributed by atoms with Gasteiger partial charge < -0.3 is 15.1 Å². The number of pyridine rings is 1. The number of nitrogens with zero attached hydrogens (tertiary/aromatic N) is 4. The van der Waals surface area contributed by atoms with Crippen LogP contribution in [0.25, 0.3) is 10.9 Å². The standard InChI is InChI=1S/C27H31N5O2/c1-3-31-13-12-24-22(18-31)25(21-6-4-5-7-23(21)29-24)26(33)28-20-10-8-19(9-11-20)27(34)32-16-14-30(2)15-17-32/h4-11H,3,12-18H2,1-2H3,(H,28,33). The number of fused-ring (bicyclic) bond motifs is 2. The number of carbonyl (C=O) groups is 2. The molecular weight excluding hydrogens is 426 g/mol. The van der Waals surface area contributed by atoms with Gasteiger partial charge in [0.15, 0.2) is 0 Å². The molecule has 3 heterocycles. The maximum Gasteiger partial charge on any atom is 0.256 e. The van der Waals surface area contributed by atoms with E-state index in [-0.39, 0.29) is 11.8 Å². The van der Waals surface area contributed by atoms with E-state index in [1.165, 1.54) is 0 Å². The van der Waals surface area contributed by atoms with Crippen molar-refractivity contribution >= 4 is 28.4 Å². The van der Waals surface area contributed by atoms with Gasteiger partial charge in [0.05, 0.1) is 11.1 Å². The number of rotatable bonds is 4. The van der Waals surface area contributed by atoms with E-state index in [0.717, 1.165) is 74.4 Å². The molecule has 3 aromatic rings. The highest BCUT2D eigenvalue weighted by molar-refractivity contribution is 6.13. The Morgan fingerprint density at radius 2 is 1.71 bits per heavy atom. The molecule has 0 radical (unpaired) electrons. The fourth-order valence-corrected chi connectivity index (χ4v) is 4.86. The lowest BCUT2D eigenvalue weighted by molar-refractivity contribution is 0.0664. The van der Waals surface area contributed by atoms with Gasteiger partial charge in [-0.3, -0.25) is 19.5 Å². The molecule has 0 aliphatic carbocycles. The average molecular weight is 458 g/mol. The van der Waals surface area contributed by atoms with Crippen molar-refractivity contribution < 1.29 is 9.59 Å². The zero-order chi connectivity index (χ0) is 23.7. The number of carbonyl (C=O) groups excluding carboxylic acids is 2. The van der Waals surface area contributed by atoms with Crippen LogP contribution in [0.5, 0.6) is 0 Å². The minimum absolute atomic E-state index is 0.0415. The van der Waals surface area contributed by atoms with E-state index in [1.54, 1.807) is 12.1 Å². The Morgan fingerprint density at radius 3 is 2.44 bits per heavy atom. The number of hydrogen-bond donors (Lipinski definition) is 1. The SMILES string of the molecule is CCN1CCc2nc3ccccc3c(C(=O)Nc3ccc(C(=O)N4CCN(C)CC4)cc3)c2C1. The van der Waals surface area contributed by atoms with Crippen LogP contribution in [0.1, 0.15) is 38.9 Å². The molecule has 1 saturated heterocycles. The number of nitrogens with one attached hydrogen (secondary N) is 1. The molecule has 1 fully saturated rings. The van der Waals surface area contributed by atoms with Crippen molar-refractivity contribution in [3.8, 4) is 0 Å². The van der Waals surface area contributed by atoms with E-state index in [1.807, 2.05) is 41.3 Å². The third-order valence-corrected chi connectivity index (χ3v) is 6.98. The first kappa shape index (κ1) is 22.5. The van der Waals surface area contributed by atoms with E-state index < -0.39 is 0 Å². The van der Waals surface area contributed by atoms with Gasteiger partial charge in [-0.1, -0.05) is 25.1 Å². The first-order valence-corrected chi connectivity index (χ1v) is 12.1. The Balaban J connectivity index is 1.39. The highest BCUT2D eigenvalue weighted by Gasteiger charge is 2.25. The summed E-state index contributed by atoms with van der Waals surface area (Å²) < 4.78 is 0. The van der Waals surface area contributed by atoms with Crippen molar-refractivity contribution in [1.29, 1.82) is 0 Å². The van der Waals surface area contributed by atoms with Crippen molar-refractivity contribution in [1.82, 2.24) is 19.7 Å². The zero-order valence-electron chi connectivity index (χ0n) is 19.9. The van der Waals surface area contributed by atoms with E-state index in [0.29, 0.717) is 16.8 Å². The summed E-state index contributed by atoms with van der Waals surface area (Å²) in [6.45, 7) is 8.02. The van der Waals surface area contributed by atoms with Gasteiger partial charge in [0.25, 0.3) is 11.8 Å². The molecule has 2 amide bonds. The summed E-state index contributed by atoms with van der Waals surface area (Å²) in [4.78, 5) is 37.7. The van der Waals surface area contributed by atoms with Gasteiger partial charge in [0, 0.05) is 73.6 Å². The molecule has 0 atom stereocenters. The van der Waals surface area contributed by atoms with Crippen molar-refractivity contribution in [2.75, 3.05) is 51.6 Å². The maximum absolute atomic E-state index is 13.6. The summed E-state index contributed by atoms with van der Waals surface area (Å²) >= 11 is 0. The molecule has 2 aliphatic rings. The largest absolute Gasteiger partial charge is 0.336 e. The Morgan fingerprint density at radius 1 is 0.971 bits per heavy atom. The lowest BCUT2D eigenvalue weighted by Crippen LogP contribution is -2.47. The van der Waals surface area contributed by atoms with E-state index >= 15 is 0 Å². The second-order valence-corrected chi connectivity index (χ2v) is 9.17. The van der Waals surface area contributed by atoms with E-state index in [9.17, 15) is 9.59 Å². The van der Waals surface area contributed by atoms with Gasteiger partial charge in [-0.2, -0.15) is 0 Å². The molecule has 7 heteroatoms. The number of likely N-dealkylation sites (N-methyl/N-ethyl adjacent to an activating group) is 2. The number of piperazine rings is 1. The first-order valence-electron chi connectivity index (χ1n) is 12.1. The number of benzene rings is 2. The van der Waals surface area contributed by atoms with Gasteiger partial charge in [-0.05, 0) is 43.9 Å². The van der Waals surface area contributed by atoms with Crippen LogP contribution < -0.4 is 5.32 Å². The molecule has 0 bridgehead atoms. The summed E-state index contributed by atoms with van der Waals surface area (Å²) in [5, 5.41) is 3.94. The number of amides is 2. The third-order valence-electron chi connectivity index (χ3n) is 6.98. The van der Waals surface area contributed by atoms with Crippen LogP contribution in [0.3, 0.4) is 0 Å². The summed E-state index contributed by atoms with van der Waals surface area (Å²) in [5.41, 5.74) is 4.92. The Labute approximate surface area is 200 Å². The highest BCUT2D eigenvalue weighted by Crippen LogP contribution is 2.29. The van der Waals surface area contributed by atoms with Gasteiger partial charge in [0.1, 0.15) is 0 Å². The monoisotopic (exact) mass is 457 g/mol. The quantitative estimate of drug-likeness (QED) is 0.651. The van der Waals surface area contributed by atoms with Gasteiger partial charge in [0.2, 0.25) is 0 Å². The van der Waals surface area contributed by atoms with Crippen LogP contribution in [0, 0.1) is 0 Å². The zero-order valence-corrected chi connectivity index (χ0v) is 19.9. The summed E-state index contributed by atoms with van der Waals surface area (Å²) in [7, 11) is 2.07. The predicted octanol–water partition coefficient (Wildman–Crippen LogP) is 3.25. The number of aromatic nitrogens is 1. The minimum atomic E-state index is -0.133. The minimum Gasteiger partial charge on any atom is -0.336 e. The average Bonchev–Trinajstić information content (AvgIpc) is 2.87. The third kappa shape index (κ3) is 4.41. The summed E-state index contributed by atoms with van der Waals surface area (Å²) in [6.07, 6.45) is 0.845. The summed E-state index contributed by atoms with van der Waals surface area (Å²) in [6, 6.07) is 15.1. The molecule has 5 rings (SSSR count). The highest BCUT2D eigenvalue weighted by atomic mass is 16.2. The fourth-order valence-electron chi connectivity index (χ4n) is 4.86. The van der Waals surface area contributed by atoms with Crippen LogP contribution in [-0.2, 0) is 13.0 Å². The Kier molecular flexibility index (Phi) is 6.30. The fraction of sp³-hybridized carbons (Fsp3) is 0.370. The number of hydrogen-bond acceptors (Lipinski definition) is 5. The Bertz CT molecular complexity index is 1220. The van der Waals surface area contributed by atoms with Crippen molar-refractivity contribution in [2.45, 2.75) is 19.9 Å². The second kappa shape index (κ2) is 9.52. The second-order valence-electron chi connectivity index (χ2n) is 9.17. The lowest BCUT2D eigenvalue weighted by atomic mass is 9.95. The van der Waals surface area contributed by atoms with Crippen LogP contribution in [0.15, 0.2) is 48.5 Å². The van der Waals surface area contributed by atoms with Crippen molar-refractivity contribution in [3.63, 3.8) is 0 Å². The normalized spacial score (nSPS) is 16.9. The van der Waals surface area contributed by atoms with Gasteiger partial charge in [-0.15, -0.1) is 0 Å². The molecule has 1 N–H and O–H groups in total. The lowest BCUT2D eigenvalue weighted by Gasteiger charge is -2.32. The smallest absolute Gasteiger partial charge is 0.256 e. The number of anilines is 1. The van der Waals surface area contributed by atoms with Gasteiger partial charge >= 0.3 is 0 Å². The molecule has 1 aromatic heterocycles. The molecular formula is C27H31N5O2. The molecule has 0 unspecified atom stereocenters. The van der Waals surface area contributed by atoms with Crippen LogP contribution >= 0.6 is 0 Å². The van der Waals surface area contributed by atoms with Crippen LogP contribution in [0.4, 0.5) is 5.69 Å². The molecule has 2 aromatic carbocycles. The van der Waals surface area contributed by atoms with Crippen LogP contribution in [-0.4, -0.2) is 77.8 Å².